The highest BCUT2D eigenvalue weighted by Gasteiger charge is 2.90. The summed E-state index contributed by atoms with van der Waals surface area (Å²) in [5.41, 5.74) is -7.47. The average Bonchev–Trinajstić information content (AvgIpc) is 3.76. The Bertz CT molecular complexity index is 1600. The van der Waals surface area contributed by atoms with Crippen molar-refractivity contribution in [3.63, 3.8) is 0 Å². The number of hydrogen-bond donors (Lipinski definition) is 5. The molecular formula is C38H49ClO11. The van der Waals surface area contributed by atoms with Crippen molar-refractivity contribution in [1.82, 2.24) is 0 Å². The van der Waals surface area contributed by atoms with E-state index in [1.165, 1.54) is 5.54 Å². The molecule has 1 aromatic rings. The first-order valence-corrected chi connectivity index (χ1v) is 18.6. The minimum atomic E-state index is -2.39. The van der Waals surface area contributed by atoms with Crippen LogP contribution in [0.2, 0.25) is 0 Å². The summed E-state index contributed by atoms with van der Waals surface area (Å²) in [6.07, 6.45) is 0.0959. The maximum Gasteiger partial charge on any atom is 0.313 e. The molecule has 5 heterocycles. The second-order valence-electron chi connectivity index (χ2n) is 16.4. The van der Waals surface area contributed by atoms with Crippen LogP contribution < -0.4 is 0 Å². The smallest absolute Gasteiger partial charge is 0.313 e. The van der Waals surface area contributed by atoms with E-state index in [4.69, 9.17) is 35.3 Å². The van der Waals surface area contributed by atoms with Gasteiger partial charge in [-0.25, -0.2) is 0 Å². The molecule has 3 aliphatic carbocycles. The van der Waals surface area contributed by atoms with Gasteiger partial charge in [0.05, 0.1) is 24.0 Å². The Morgan fingerprint density at radius 1 is 0.940 bits per heavy atom. The summed E-state index contributed by atoms with van der Waals surface area (Å²) in [6, 6.07) is 8.97. The predicted molar refractivity (Wildman–Crippen MR) is 178 cm³/mol. The van der Waals surface area contributed by atoms with Gasteiger partial charge in [-0.15, -0.1) is 0 Å². The van der Waals surface area contributed by atoms with Crippen LogP contribution in [0, 0.1) is 23.7 Å². The fourth-order valence-corrected chi connectivity index (χ4v) is 10.9. The number of fused-ring (bicyclic) bond motifs is 1. The SMILES string of the molecule is C[C@H]1CCCCCC[C@@H](C)C(=O)O[C@H]2C(=CCl)C=C3[C@]2(O)[C@H](O)[C@@]2(CO)O[C@H]2[C@H]2[C@H]4O[C@]5(c6ccccc6)O[C@@H]([C@@H](C)[C@]32O5)[C@@]4(O)[C@@](C)(O)C1. The second kappa shape index (κ2) is 11.5. The number of halogens is 1. The summed E-state index contributed by atoms with van der Waals surface area (Å²) in [6.45, 7) is 6.56. The number of benzene rings is 1. The quantitative estimate of drug-likeness (QED) is 0.225. The monoisotopic (exact) mass is 716 g/mol. The van der Waals surface area contributed by atoms with Crippen LogP contribution >= 0.6 is 11.6 Å². The van der Waals surface area contributed by atoms with Crippen LogP contribution in [-0.2, 0) is 34.5 Å². The molecule has 11 nitrogen and oxygen atoms in total. The summed E-state index contributed by atoms with van der Waals surface area (Å²) in [4.78, 5) is 13.7. The molecule has 12 heteroatoms. The number of rotatable bonds is 2. The molecule has 8 bridgehead atoms. The van der Waals surface area contributed by atoms with E-state index in [0.29, 0.717) is 12.0 Å². The Kier molecular flexibility index (Phi) is 8.12. The molecule has 2 saturated carbocycles. The molecule has 274 valence electrons. The maximum atomic E-state index is 13.7. The molecule has 5 aliphatic heterocycles. The van der Waals surface area contributed by atoms with E-state index in [-0.39, 0.29) is 23.5 Å². The van der Waals surface area contributed by atoms with Crippen LogP contribution in [0.4, 0.5) is 0 Å². The molecule has 15 atom stereocenters. The number of epoxide rings is 1. The van der Waals surface area contributed by atoms with Gasteiger partial charge in [0, 0.05) is 28.2 Å². The van der Waals surface area contributed by atoms with Crippen molar-refractivity contribution in [2.24, 2.45) is 23.7 Å². The zero-order chi connectivity index (χ0) is 35.6. The van der Waals surface area contributed by atoms with Gasteiger partial charge in [0.15, 0.2) is 11.7 Å². The van der Waals surface area contributed by atoms with Gasteiger partial charge in [-0.3, -0.25) is 4.79 Å². The van der Waals surface area contributed by atoms with Crippen molar-refractivity contribution in [1.29, 1.82) is 0 Å². The number of carbonyl (C=O) groups is 1. The van der Waals surface area contributed by atoms with Gasteiger partial charge in [-0.1, -0.05) is 94.8 Å². The fourth-order valence-electron chi connectivity index (χ4n) is 10.7. The van der Waals surface area contributed by atoms with E-state index in [1.54, 1.807) is 44.2 Å². The minimum Gasteiger partial charge on any atom is -0.454 e. The third-order valence-corrected chi connectivity index (χ3v) is 13.6. The Hall–Kier alpha value is -1.90. The lowest BCUT2D eigenvalue weighted by Gasteiger charge is -2.73. The van der Waals surface area contributed by atoms with Gasteiger partial charge in [0.2, 0.25) is 0 Å². The molecule has 0 radical (unpaired) electrons. The highest BCUT2D eigenvalue weighted by atomic mass is 35.5. The molecule has 0 amide bonds. The number of ether oxygens (including phenoxy) is 5. The molecule has 5 saturated heterocycles. The normalized spacial score (nSPS) is 53.6. The number of esters is 1. The number of aliphatic hydroxyl groups excluding tert-OH is 2. The first-order chi connectivity index (χ1) is 23.7. The Labute approximate surface area is 297 Å². The predicted octanol–water partition coefficient (Wildman–Crippen LogP) is 3.32. The molecule has 5 N–H and O–H groups in total. The van der Waals surface area contributed by atoms with Crippen molar-refractivity contribution in [3.05, 3.63) is 58.7 Å². The molecule has 9 rings (SSSR count). The Balaban J connectivity index is 1.38. The Morgan fingerprint density at radius 3 is 2.30 bits per heavy atom. The summed E-state index contributed by atoms with van der Waals surface area (Å²) < 4.78 is 33.1. The molecule has 0 unspecified atom stereocenters. The summed E-state index contributed by atoms with van der Waals surface area (Å²) in [5, 5.41) is 62.2. The van der Waals surface area contributed by atoms with E-state index in [1.807, 2.05) is 13.0 Å². The zero-order valence-corrected chi connectivity index (χ0v) is 29.7. The van der Waals surface area contributed by atoms with Crippen LogP contribution in [0.1, 0.15) is 78.2 Å². The first-order valence-electron chi connectivity index (χ1n) is 18.2. The van der Waals surface area contributed by atoms with Crippen molar-refractivity contribution in [3.8, 4) is 0 Å². The van der Waals surface area contributed by atoms with Gasteiger partial charge in [0.25, 0.3) is 0 Å². The molecule has 1 aromatic carbocycles. The molecule has 8 aliphatic rings. The van der Waals surface area contributed by atoms with Gasteiger partial charge in [0.1, 0.15) is 41.2 Å². The van der Waals surface area contributed by atoms with Crippen molar-refractivity contribution in [2.75, 3.05) is 6.61 Å². The summed E-state index contributed by atoms with van der Waals surface area (Å²) >= 11 is 6.43. The molecular weight excluding hydrogens is 668 g/mol. The third kappa shape index (κ3) is 4.33. The van der Waals surface area contributed by atoms with Crippen LogP contribution in [0.25, 0.3) is 0 Å². The summed E-state index contributed by atoms with van der Waals surface area (Å²) in [5.74, 6) is -4.75. The van der Waals surface area contributed by atoms with Gasteiger partial charge < -0.3 is 49.2 Å². The van der Waals surface area contributed by atoms with Crippen LogP contribution in [0.15, 0.2) is 53.1 Å². The lowest BCUT2D eigenvalue weighted by molar-refractivity contribution is -0.583. The topological polar surface area (TPSA) is 168 Å². The van der Waals surface area contributed by atoms with Crippen LogP contribution in [-0.4, -0.2) is 96.6 Å². The largest absolute Gasteiger partial charge is 0.454 e. The highest BCUT2D eigenvalue weighted by Crippen LogP contribution is 2.74. The third-order valence-electron chi connectivity index (χ3n) is 13.4. The van der Waals surface area contributed by atoms with Crippen molar-refractivity contribution >= 4 is 17.6 Å². The van der Waals surface area contributed by atoms with Gasteiger partial charge in [-0.2, -0.15) is 0 Å². The fraction of sp³-hybridized carbons (Fsp3) is 0.711. The Morgan fingerprint density at radius 2 is 1.62 bits per heavy atom. The second-order valence-corrected chi connectivity index (χ2v) is 16.6. The van der Waals surface area contributed by atoms with Gasteiger partial charge in [-0.05, 0) is 31.8 Å². The standard InChI is InChI=1S/C38H49ClO11/c1-20-12-8-5-6-9-13-21(2)31(41)46-28-23(18-39)16-25-35(28,44)32(42)34(19-40)29(47-34)26-30-37(45,33(4,43)17-20)27-22(3)36(25,26)50-38(48-27,49-30)24-14-10-7-11-15-24/h7,10-11,14-16,18,20-22,26-30,32,40,42-45H,5-6,8-9,12-13,17,19H2,1-4H3/t20-,21+,22+,26-,27-,28-,29-,30+,32+,33-,34-,35+,36-,37-,38-/m0/s1. The molecule has 1 spiro atoms. The van der Waals surface area contributed by atoms with E-state index in [9.17, 15) is 30.3 Å². The van der Waals surface area contributed by atoms with E-state index >= 15 is 0 Å². The van der Waals surface area contributed by atoms with E-state index in [2.05, 4.69) is 6.92 Å². The minimum absolute atomic E-state index is 0.0234. The maximum absolute atomic E-state index is 13.7. The number of hydrogen-bond acceptors (Lipinski definition) is 11. The lowest BCUT2D eigenvalue weighted by atomic mass is 9.50. The average molecular weight is 717 g/mol. The molecule has 50 heavy (non-hydrogen) atoms. The number of aliphatic hydroxyl groups is 5. The summed E-state index contributed by atoms with van der Waals surface area (Å²) in [7, 11) is 0. The van der Waals surface area contributed by atoms with E-state index < -0.39 is 94.8 Å². The van der Waals surface area contributed by atoms with Gasteiger partial charge >= 0.3 is 11.9 Å². The van der Waals surface area contributed by atoms with Crippen LogP contribution in [0.3, 0.4) is 0 Å². The zero-order valence-electron chi connectivity index (χ0n) is 29.0. The van der Waals surface area contributed by atoms with Crippen molar-refractivity contribution in [2.45, 2.75) is 137 Å². The van der Waals surface area contributed by atoms with Crippen LogP contribution in [0.5, 0.6) is 0 Å². The first kappa shape index (κ1) is 35.1. The van der Waals surface area contributed by atoms with Crippen molar-refractivity contribution < 1.29 is 54.0 Å². The number of carbonyl (C=O) groups excluding carboxylic acids is 1. The molecule has 0 aromatic heterocycles. The van der Waals surface area contributed by atoms with E-state index in [0.717, 1.165) is 32.1 Å². The molecule has 7 fully saturated rings. The lowest BCUT2D eigenvalue weighted by Crippen LogP contribution is -2.88. The highest BCUT2D eigenvalue weighted by molar-refractivity contribution is 6.26.